The molecule has 120 valence electrons. The number of esters is 2. The van der Waals surface area contributed by atoms with Gasteiger partial charge >= 0.3 is 11.9 Å². The van der Waals surface area contributed by atoms with Crippen molar-refractivity contribution < 1.29 is 19.1 Å². The third-order valence-corrected chi connectivity index (χ3v) is 3.92. The van der Waals surface area contributed by atoms with Crippen molar-refractivity contribution in [2.45, 2.75) is 32.4 Å². The molecule has 0 radical (unpaired) electrons. The van der Waals surface area contributed by atoms with Gasteiger partial charge in [-0.25, -0.2) is 14.6 Å². The average molecular weight is 314 g/mol. The molecule has 0 aliphatic carbocycles. The second kappa shape index (κ2) is 5.53. The summed E-state index contributed by atoms with van der Waals surface area (Å²) in [7, 11) is 0. The van der Waals surface area contributed by atoms with Gasteiger partial charge in [0.2, 0.25) is 0 Å². The minimum absolute atomic E-state index is 0.281. The summed E-state index contributed by atoms with van der Waals surface area (Å²) in [5.41, 5.74) is 0.809. The Morgan fingerprint density at radius 1 is 1.39 bits per heavy atom. The lowest BCUT2D eigenvalue weighted by Crippen LogP contribution is -2.44. The van der Waals surface area contributed by atoms with Gasteiger partial charge in [0.15, 0.2) is 0 Å². The van der Waals surface area contributed by atoms with Crippen LogP contribution in [0.25, 0.3) is 0 Å². The molecule has 1 aromatic heterocycles. The molecular weight excluding hydrogens is 296 g/mol. The van der Waals surface area contributed by atoms with Crippen molar-refractivity contribution in [3.05, 3.63) is 53.6 Å². The largest absolute Gasteiger partial charge is 0.461 e. The maximum Gasteiger partial charge on any atom is 0.356 e. The van der Waals surface area contributed by atoms with Gasteiger partial charge in [-0.1, -0.05) is 18.2 Å². The first-order chi connectivity index (χ1) is 11.0. The Morgan fingerprint density at radius 3 is 2.87 bits per heavy atom. The molecule has 0 saturated carbocycles. The Bertz CT molecular complexity index is 763. The standard InChI is InChI=1S/C17H18N2O4/c1-4-22-16(21)13-9-18-10-19(13)14-11-7-5-6-8-12(11)15(20)23-17(14,2)3/h5-10,14H,4H2,1-3H3/t14-/m0/s1. The molecule has 0 spiro atoms. The lowest BCUT2D eigenvalue weighted by atomic mass is 9.85. The molecule has 0 amide bonds. The van der Waals surface area contributed by atoms with Crippen molar-refractivity contribution in [2.75, 3.05) is 6.61 Å². The number of hydrogen-bond donors (Lipinski definition) is 0. The van der Waals surface area contributed by atoms with Gasteiger partial charge in [-0.3, -0.25) is 0 Å². The molecule has 0 bridgehead atoms. The molecule has 1 atom stereocenters. The monoisotopic (exact) mass is 314 g/mol. The molecule has 1 aliphatic heterocycles. The molecule has 0 fully saturated rings. The molecule has 2 aromatic rings. The molecule has 6 nitrogen and oxygen atoms in total. The van der Waals surface area contributed by atoms with Gasteiger partial charge in [0.25, 0.3) is 0 Å². The van der Waals surface area contributed by atoms with E-state index in [4.69, 9.17) is 9.47 Å². The van der Waals surface area contributed by atoms with E-state index in [-0.39, 0.29) is 18.6 Å². The number of aromatic nitrogens is 2. The molecule has 1 aromatic carbocycles. The highest BCUT2D eigenvalue weighted by Crippen LogP contribution is 2.40. The first kappa shape index (κ1) is 15.3. The predicted octanol–water partition coefficient (Wildman–Crippen LogP) is 2.60. The first-order valence-corrected chi connectivity index (χ1v) is 7.47. The van der Waals surface area contributed by atoms with Crippen LogP contribution < -0.4 is 0 Å². The summed E-state index contributed by atoms with van der Waals surface area (Å²) in [6.07, 6.45) is 3.03. The molecule has 2 heterocycles. The lowest BCUT2D eigenvalue weighted by molar-refractivity contribution is -0.0266. The highest BCUT2D eigenvalue weighted by atomic mass is 16.6. The summed E-state index contributed by atoms with van der Waals surface area (Å²) in [5.74, 6) is -0.810. The topological polar surface area (TPSA) is 70.4 Å². The van der Waals surface area contributed by atoms with Crippen molar-refractivity contribution in [1.29, 1.82) is 0 Å². The summed E-state index contributed by atoms with van der Waals surface area (Å²) in [5, 5.41) is 0. The van der Waals surface area contributed by atoms with Gasteiger partial charge in [-0.2, -0.15) is 0 Å². The molecule has 23 heavy (non-hydrogen) atoms. The smallest absolute Gasteiger partial charge is 0.356 e. The Morgan fingerprint density at radius 2 is 2.13 bits per heavy atom. The number of carbonyl (C=O) groups is 2. The fourth-order valence-electron chi connectivity index (χ4n) is 3.00. The van der Waals surface area contributed by atoms with E-state index in [2.05, 4.69) is 4.98 Å². The zero-order chi connectivity index (χ0) is 16.6. The van der Waals surface area contributed by atoms with E-state index >= 15 is 0 Å². The van der Waals surface area contributed by atoms with Crippen molar-refractivity contribution in [3.8, 4) is 0 Å². The predicted molar refractivity (Wildman–Crippen MR) is 82.3 cm³/mol. The fraction of sp³-hybridized carbons (Fsp3) is 0.353. The minimum Gasteiger partial charge on any atom is -0.461 e. The second-order valence-corrected chi connectivity index (χ2v) is 5.89. The van der Waals surface area contributed by atoms with Gasteiger partial charge in [-0.15, -0.1) is 0 Å². The van der Waals surface area contributed by atoms with E-state index in [9.17, 15) is 9.59 Å². The summed E-state index contributed by atoms with van der Waals surface area (Å²) in [4.78, 5) is 28.4. The summed E-state index contributed by atoms with van der Waals surface area (Å²) < 4.78 is 12.4. The van der Waals surface area contributed by atoms with Crippen LogP contribution in [-0.4, -0.2) is 33.7 Å². The van der Waals surface area contributed by atoms with Gasteiger partial charge in [0.1, 0.15) is 17.3 Å². The number of cyclic esters (lactones) is 1. The van der Waals surface area contributed by atoms with E-state index in [1.807, 2.05) is 26.0 Å². The number of hydrogen-bond acceptors (Lipinski definition) is 5. The van der Waals surface area contributed by atoms with Crippen LogP contribution in [0.5, 0.6) is 0 Å². The molecule has 6 heteroatoms. The van der Waals surface area contributed by atoms with Gasteiger partial charge < -0.3 is 14.0 Å². The number of carbonyl (C=O) groups excluding carboxylic acids is 2. The highest BCUT2D eigenvalue weighted by Gasteiger charge is 2.43. The minimum atomic E-state index is -0.826. The number of nitrogens with zero attached hydrogens (tertiary/aromatic N) is 2. The van der Waals surface area contributed by atoms with E-state index in [1.165, 1.54) is 6.20 Å². The van der Waals surface area contributed by atoms with Crippen LogP contribution in [0.3, 0.4) is 0 Å². The number of ether oxygens (including phenoxy) is 2. The van der Waals surface area contributed by atoms with E-state index in [1.54, 1.807) is 30.0 Å². The zero-order valence-corrected chi connectivity index (χ0v) is 13.3. The van der Waals surface area contributed by atoms with Crippen LogP contribution in [0, 0.1) is 0 Å². The third kappa shape index (κ3) is 2.50. The fourth-order valence-corrected chi connectivity index (χ4v) is 3.00. The van der Waals surface area contributed by atoms with Crippen LogP contribution >= 0.6 is 0 Å². The Hall–Kier alpha value is -2.63. The van der Waals surface area contributed by atoms with Crippen LogP contribution in [0.4, 0.5) is 0 Å². The normalized spacial score (nSPS) is 18.9. The molecule has 0 unspecified atom stereocenters. The van der Waals surface area contributed by atoms with E-state index in [0.29, 0.717) is 11.3 Å². The number of benzene rings is 1. The lowest BCUT2D eigenvalue weighted by Gasteiger charge is -2.40. The Kier molecular flexibility index (Phi) is 3.67. The van der Waals surface area contributed by atoms with Crippen LogP contribution in [0.2, 0.25) is 0 Å². The Labute approximate surface area is 134 Å². The van der Waals surface area contributed by atoms with Gasteiger partial charge in [-0.05, 0) is 32.4 Å². The third-order valence-electron chi connectivity index (χ3n) is 3.92. The Balaban J connectivity index is 2.15. The van der Waals surface area contributed by atoms with Crippen molar-refractivity contribution >= 4 is 11.9 Å². The molecular formula is C17H18N2O4. The van der Waals surface area contributed by atoms with Gasteiger partial charge in [0.05, 0.1) is 24.7 Å². The molecule has 3 rings (SSSR count). The molecule has 0 N–H and O–H groups in total. The number of imidazole rings is 1. The van der Waals surface area contributed by atoms with Crippen LogP contribution in [0.15, 0.2) is 36.8 Å². The zero-order valence-electron chi connectivity index (χ0n) is 13.3. The summed E-state index contributed by atoms with van der Waals surface area (Å²) in [6, 6.07) is 6.88. The SMILES string of the molecule is CCOC(=O)c1cncn1[C@H]1c2ccccc2C(=O)OC1(C)C. The van der Waals surface area contributed by atoms with E-state index < -0.39 is 11.6 Å². The number of rotatable bonds is 3. The first-order valence-electron chi connectivity index (χ1n) is 7.47. The summed E-state index contributed by atoms with van der Waals surface area (Å²) >= 11 is 0. The molecule has 1 aliphatic rings. The quantitative estimate of drug-likeness (QED) is 0.814. The van der Waals surface area contributed by atoms with Crippen molar-refractivity contribution in [1.82, 2.24) is 9.55 Å². The van der Waals surface area contributed by atoms with Gasteiger partial charge in [0, 0.05) is 0 Å². The van der Waals surface area contributed by atoms with Crippen molar-refractivity contribution in [2.24, 2.45) is 0 Å². The van der Waals surface area contributed by atoms with Crippen LogP contribution in [0.1, 0.15) is 53.2 Å². The second-order valence-electron chi connectivity index (χ2n) is 5.89. The summed E-state index contributed by atoms with van der Waals surface area (Å²) in [6.45, 7) is 5.67. The average Bonchev–Trinajstić information content (AvgIpc) is 2.96. The van der Waals surface area contributed by atoms with E-state index in [0.717, 1.165) is 5.56 Å². The maximum absolute atomic E-state index is 12.2. The number of fused-ring (bicyclic) bond motifs is 1. The van der Waals surface area contributed by atoms with Crippen molar-refractivity contribution in [3.63, 3.8) is 0 Å². The molecule has 0 saturated heterocycles. The maximum atomic E-state index is 12.2. The van der Waals surface area contributed by atoms with Crippen LogP contribution in [-0.2, 0) is 9.47 Å². The highest BCUT2D eigenvalue weighted by molar-refractivity contribution is 5.93.